The van der Waals surface area contributed by atoms with E-state index in [0.717, 1.165) is 11.6 Å². The number of hydrogen-bond donors (Lipinski definition) is 1. The molecule has 2 rings (SSSR count). The van der Waals surface area contributed by atoms with E-state index >= 15 is 0 Å². The van der Waals surface area contributed by atoms with Gasteiger partial charge >= 0.3 is 0 Å². The minimum absolute atomic E-state index is 0.209. The summed E-state index contributed by atoms with van der Waals surface area (Å²) in [6, 6.07) is 8.77. The summed E-state index contributed by atoms with van der Waals surface area (Å²) in [6.07, 6.45) is 7.92. The maximum atomic E-state index is 6.07. The summed E-state index contributed by atoms with van der Waals surface area (Å²) < 4.78 is 0. The highest BCUT2D eigenvalue weighted by Crippen LogP contribution is 2.41. The second kappa shape index (κ2) is 7.62. The van der Waals surface area contributed by atoms with Crippen molar-refractivity contribution in [3.05, 3.63) is 34.9 Å². The predicted molar refractivity (Wildman–Crippen MR) is 92.0 cm³/mol. The van der Waals surface area contributed by atoms with Crippen molar-refractivity contribution >= 4 is 11.6 Å². The molecule has 21 heavy (non-hydrogen) atoms. The van der Waals surface area contributed by atoms with Gasteiger partial charge in [-0.1, -0.05) is 56.3 Å². The van der Waals surface area contributed by atoms with Gasteiger partial charge in [-0.05, 0) is 51.2 Å². The molecule has 3 heteroatoms. The molecule has 1 unspecified atom stereocenters. The maximum absolute atomic E-state index is 6.07. The van der Waals surface area contributed by atoms with Crippen molar-refractivity contribution in [2.75, 3.05) is 20.6 Å². The molecule has 2 nitrogen and oxygen atoms in total. The van der Waals surface area contributed by atoms with Crippen molar-refractivity contribution in [2.24, 2.45) is 0 Å². The molecular weight excluding hydrogens is 280 g/mol. The Morgan fingerprint density at radius 2 is 1.67 bits per heavy atom. The fraction of sp³-hybridized carbons (Fsp3) is 0.667. The van der Waals surface area contributed by atoms with Crippen molar-refractivity contribution in [2.45, 2.75) is 57.0 Å². The predicted octanol–water partition coefficient (Wildman–Crippen LogP) is 4.65. The smallest absolute Gasteiger partial charge is 0.0506 e. The Hall–Kier alpha value is -0.570. The number of rotatable bonds is 5. The standard InChI is InChI=1S/C18H29ClN2/c1-4-20-17(15-9-11-16(19)12-10-15)18(21(2)3)13-7-5-6-8-14-18/h9-12,17,20H,4-8,13-14H2,1-3H3. The lowest BCUT2D eigenvalue weighted by Crippen LogP contribution is -2.53. The third-order valence-electron chi connectivity index (χ3n) is 5.01. The van der Waals surface area contributed by atoms with Crippen molar-refractivity contribution in [3.63, 3.8) is 0 Å². The fourth-order valence-corrected chi connectivity index (χ4v) is 3.94. The van der Waals surface area contributed by atoms with E-state index in [-0.39, 0.29) is 5.54 Å². The van der Waals surface area contributed by atoms with Gasteiger partial charge in [-0.15, -0.1) is 0 Å². The molecule has 0 amide bonds. The van der Waals surface area contributed by atoms with Crippen molar-refractivity contribution in [1.29, 1.82) is 0 Å². The van der Waals surface area contributed by atoms with Gasteiger partial charge in [0.25, 0.3) is 0 Å². The van der Waals surface area contributed by atoms with E-state index < -0.39 is 0 Å². The summed E-state index contributed by atoms with van der Waals surface area (Å²) in [4.78, 5) is 2.46. The normalized spacial score (nSPS) is 20.2. The monoisotopic (exact) mass is 308 g/mol. The van der Waals surface area contributed by atoms with E-state index in [1.54, 1.807) is 0 Å². The zero-order valence-corrected chi connectivity index (χ0v) is 14.4. The van der Waals surface area contributed by atoms with Crippen LogP contribution in [0.5, 0.6) is 0 Å². The average Bonchev–Trinajstić information content (AvgIpc) is 2.72. The number of nitrogens with one attached hydrogen (secondary N) is 1. The molecular formula is C18H29ClN2. The van der Waals surface area contributed by atoms with E-state index in [0.29, 0.717) is 6.04 Å². The summed E-state index contributed by atoms with van der Waals surface area (Å²) in [5, 5.41) is 4.57. The van der Waals surface area contributed by atoms with Crippen LogP contribution in [0.3, 0.4) is 0 Å². The van der Waals surface area contributed by atoms with Crippen LogP contribution in [-0.4, -0.2) is 31.1 Å². The summed E-state index contributed by atoms with van der Waals surface area (Å²) in [5.74, 6) is 0. The Bertz CT molecular complexity index is 419. The molecule has 0 aliphatic heterocycles. The maximum Gasteiger partial charge on any atom is 0.0506 e. The number of nitrogens with zero attached hydrogens (tertiary/aromatic N) is 1. The van der Waals surface area contributed by atoms with Crippen LogP contribution in [-0.2, 0) is 0 Å². The third-order valence-corrected chi connectivity index (χ3v) is 5.26. The largest absolute Gasteiger partial charge is 0.309 e. The van der Waals surface area contributed by atoms with Crippen molar-refractivity contribution in [1.82, 2.24) is 10.2 Å². The molecule has 0 spiro atoms. The topological polar surface area (TPSA) is 15.3 Å². The molecule has 0 radical (unpaired) electrons. The molecule has 118 valence electrons. The van der Waals surface area contributed by atoms with Gasteiger partial charge in [-0.25, -0.2) is 0 Å². The van der Waals surface area contributed by atoms with Crippen LogP contribution in [0.2, 0.25) is 5.02 Å². The molecule has 0 saturated heterocycles. The van der Waals surface area contributed by atoms with Crippen LogP contribution in [0.1, 0.15) is 57.1 Å². The van der Waals surface area contributed by atoms with E-state index in [4.69, 9.17) is 11.6 Å². The molecule has 1 fully saturated rings. The van der Waals surface area contributed by atoms with Crippen LogP contribution in [0, 0.1) is 0 Å². The number of halogens is 1. The van der Waals surface area contributed by atoms with Crippen molar-refractivity contribution < 1.29 is 0 Å². The van der Waals surface area contributed by atoms with Crippen LogP contribution in [0.15, 0.2) is 24.3 Å². The average molecular weight is 309 g/mol. The first-order chi connectivity index (χ1) is 10.1. The molecule has 1 aromatic carbocycles. The van der Waals surface area contributed by atoms with Crippen LogP contribution in [0.25, 0.3) is 0 Å². The zero-order chi connectivity index (χ0) is 15.3. The zero-order valence-electron chi connectivity index (χ0n) is 13.7. The lowest BCUT2D eigenvalue weighted by Gasteiger charge is -2.46. The Morgan fingerprint density at radius 1 is 1.10 bits per heavy atom. The number of likely N-dealkylation sites (N-methyl/N-ethyl adjacent to an activating group) is 2. The number of benzene rings is 1. The van der Waals surface area contributed by atoms with E-state index in [2.05, 4.69) is 43.4 Å². The summed E-state index contributed by atoms with van der Waals surface area (Å²) in [6.45, 7) is 3.19. The lowest BCUT2D eigenvalue weighted by molar-refractivity contribution is 0.0807. The fourth-order valence-electron chi connectivity index (χ4n) is 3.81. The second-order valence-electron chi connectivity index (χ2n) is 6.45. The Labute approximate surface area is 134 Å². The minimum Gasteiger partial charge on any atom is -0.309 e. The van der Waals surface area contributed by atoms with Crippen LogP contribution in [0.4, 0.5) is 0 Å². The van der Waals surface area contributed by atoms with Crippen LogP contribution < -0.4 is 5.32 Å². The quantitative estimate of drug-likeness (QED) is 0.797. The van der Waals surface area contributed by atoms with E-state index in [1.165, 1.54) is 44.1 Å². The third kappa shape index (κ3) is 3.80. The summed E-state index contributed by atoms with van der Waals surface area (Å²) >= 11 is 6.07. The minimum atomic E-state index is 0.209. The van der Waals surface area contributed by atoms with E-state index in [9.17, 15) is 0 Å². The highest BCUT2D eigenvalue weighted by atomic mass is 35.5. The van der Waals surface area contributed by atoms with Gasteiger partial charge in [-0.3, -0.25) is 0 Å². The Kier molecular flexibility index (Phi) is 6.09. The van der Waals surface area contributed by atoms with Gasteiger partial charge in [0.15, 0.2) is 0 Å². The highest BCUT2D eigenvalue weighted by molar-refractivity contribution is 6.30. The molecule has 1 atom stereocenters. The molecule has 0 heterocycles. The SMILES string of the molecule is CCNC(c1ccc(Cl)cc1)C1(N(C)C)CCCCCC1. The number of hydrogen-bond acceptors (Lipinski definition) is 2. The lowest BCUT2D eigenvalue weighted by atomic mass is 9.78. The molecule has 1 saturated carbocycles. The van der Waals surface area contributed by atoms with Crippen molar-refractivity contribution in [3.8, 4) is 0 Å². The Balaban J connectivity index is 2.38. The van der Waals surface area contributed by atoms with Gasteiger partial charge in [0, 0.05) is 10.6 Å². The first-order valence-corrected chi connectivity index (χ1v) is 8.64. The first-order valence-electron chi connectivity index (χ1n) is 8.26. The van der Waals surface area contributed by atoms with E-state index in [1.807, 2.05) is 12.1 Å². The Morgan fingerprint density at radius 3 is 2.14 bits per heavy atom. The van der Waals surface area contributed by atoms with Gasteiger partial charge < -0.3 is 10.2 Å². The summed E-state index contributed by atoms with van der Waals surface area (Å²) in [7, 11) is 4.48. The second-order valence-corrected chi connectivity index (χ2v) is 6.89. The van der Waals surface area contributed by atoms with Gasteiger partial charge in [0.05, 0.1) is 6.04 Å². The van der Waals surface area contributed by atoms with Gasteiger partial charge in [0.1, 0.15) is 0 Å². The summed E-state index contributed by atoms with van der Waals surface area (Å²) in [5.41, 5.74) is 1.57. The molecule has 1 aromatic rings. The van der Waals surface area contributed by atoms with Crippen LogP contribution >= 0.6 is 11.6 Å². The highest BCUT2D eigenvalue weighted by Gasteiger charge is 2.41. The van der Waals surface area contributed by atoms with Gasteiger partial charge in [-0.2, -0.15) is 0 Å². The molecule has 0 bridgehead atoms. The first kappa shape index (κ1) is 16.8. The molecule has 1 N–H and O–H groups in total. The molecule has 1 aliphatic rings. The molecule has 1 aliphatic carbocycles. The molecule has 0 aromatic heterocycles. The van der Waals surface area contributed by atoms with Gasteiger partial charge in [0.2, 0.25) is 0 Å².